The van der Waals surface area contributed by atoms with Crippen LogP contribution in [0.5, 0.6) is 0 Å². The fourth-order valence-electron chi connectivity index (χ4n) is 4.97. The molecule has 0 aliphatic carbocycles. The van der Waals surface area contributed by atoms with Gasteiger partial charge in [-0.05, 0) is 29.8 Å². The number of methoxy groups -OCH3 is 1. The monoisotopic (exact) mass is 460 g/mol. The van der Waals surface area contributed by atoms with Gasteiger partial charge in [-0.3, -0.25) is 9.59 Å². The van der Waals surface area contributed by atoms with Crippen LogP contribution >= 0.6 is 0 Å². The number of carbonyl (C=O) groups is 3. The molecule has 0 radical (unpaired) electrons. The zero-order valence-electron chi connectivity index (χ0n) is 18.9. The first-order chi connectivity index (χ1) is 17.1. The summed E-state index contributed by atoms with van der Waals surface area (Å²) in [6.45, 7) is 0.467. The van der Waals surface area contributed by atoms with Crippen molar-refractivity contribution >= 4 is 45.3 Å². The van der Waals surface area contributed by atoms with Crippen molar-refractivity contribution in [1.29, 1.82) is 0 Å². The number of hydrogen-bond acceptors (Lipinski definition) is 4. The van der Waals surface area contributed by atoms with E-state index in [0.717, 1.165) is 16.5 Å². The molecule has 1 aliphatic rings. The number of imide groups is 1. The smallest absolute Gasteiger partial charge is 0.338 e. The van der Waals surface area contributed by atoms with Crippen LogP contribution in [0.15, 0.2) is 91.0 Å². The lowest BCUT2D eigenvalue weighted by Crippen LogP contribution is -2.29. The number of nitrogens with zero attached hydrogens (tertiary/aromatic N) is 2. The van der Waals surface area contributed by atoms with Gasteiger partial charge in [0.15, 0.2) is 0 Å². The number of esters is 1. The van der Waals surface area contributed by atoms with Crippen molar-refractivity contribution in [3.8, 4) is 0 Å². The van der Waals surface area contributed by atoms with Crippen LogP contribution in [0.25, 0.3) is 21.8 Å². The van der Waals surface area contributed by atoms with E-state index in [1.807, 2.05) is 65.2 Å². The van der Waals surface area contributed by atoms with E-state index in [0.29, 0.717) is 28.7 Å². The van der Waals surface area contributed by atoms with E-state index in [-0.39, 0.29) is 11.1 Å². The molecule has 0 unspecified atom stereocenters. The Balaban J connectivity index is 1.73. The highest BCUT2D eigenvalue weighted by Gasteiger charge is 2.41. The lowest BCUT2D eigenvalue weighted by molar-refractivity contribution is 0.0602. The van der Waals surface area contributed by atoms with Crippen molar-refractivity contribution in [2.75, 3.05) is 12.0 Å². The molecule has 6 rings (SSSR count). The Hall–Kier alpha value is -4.71. The van der Waals surface area contributed by atoms with E-state index in [1.54, 1.807) is 24.3 Å². The number of fused-ring (bicyclic) bond motifs is 5. The number of rotatable bonds is 4. The Bertz CT molecular complexity index is 1650. The molecule has 170 valence electrons. The lowest BCUT2D eigenvalue weighted by atomic mass is 9.98. The van der Waals surface area contributed by atoms with E-state index < -0.39 is 17.8 Å². The van der Waals surface area contributed by atoms with Crippen LogP contribution in [-0.4, -0.2) is 29.5 Å². The molecule has 1 aromatic heterocycles. The zero-order chi connectivity index (χ0) is 24.1. The maximum atomic E-state index is 13.8. The fraction of sp³-hybridized carbons (Fsp3) is 0.0690. The van der Waals surface area contributed by atoms with Crippen LogP contribution in [0.2, 0.25) is 0 Å². The van der Waals surface area contributed by atoms with Gasteiger partial charge in [0.1, 0.15) is 0 Å². The fourth-order valence-corrected chi connectivity index (χ4v) is 4.97. The summed E-state index contributed by atoms with van der Waals surface area (Å²) < 4.78 is 7.11. The number of aromatic nitrogens is 1. The van der Waals surface area contributed by atoms with Gasteiger partial charge in [-0.15, -0.1) is 0 Å². The number of anilines is 1. The van der Waals surface area contributed by atoms with Crippen molar-refractivity contribution in [1.82, 2.24) is 4.57 Å². The largest absolute Gasteiger partial charge is 0.465 e. The van der Waals surface area contributed by atoms with E-state index in [9.17, 15) is 14.4 Å². The van der Waals surface area contributed by atoms with Crippen LogP contribution in [0.3, 0.4) is 0 Å². The molecule has 5 aromatic rings. The molecule has 0 atom stereocenters. The SMILES string of the molecule is COC(=O)c1cc2c(c3c1c1ccccc1n3Cc1ccccc1)C(=O)N(c1ccccc1)C2=O. The van der Waals surface area contributed by atoms with E-state index in [2.05, 4.69) is 0 Å². The number of carbonyl (C=O) groups excluding carboxylic acids is 3. The number of ether oxygens (including phenoxy) is 1. The second-order valence-corrected chi connectivity index (χ2v) is 8.43. The number of amides is 2. The Morgan fingerprint density at radius 2 is 1.49 bits per heavy atom. The second-order valence-electron chi connectivity index (χ2n) is 8.43. The van der Waals surface area contributed by atoms with Crippen molar-refractivity contribution in [3.05, 3.63) is 113 Å². The van der Waals surface area contributed by atoms with Gasteiger partial charge in [-0.1, -0.05) is 66.7 Å². The highest BCUT2D eigenvalue weighted by molar-refractivity contribution is 6.39. The van der Waals surface area contributed by atoms with Crippen molar-refractivity contribution in [2.24, 2.45) is 0 Å². The summed E-state index contributed by atoms with van der Waals surface area (Å²) in [5, 5.41) is 1.43. The minimum absolute atomic E-state index is 0.198. The lowest BCUT2D eigenvalue weighted by Gasteiger charge is -2.13. The molecule has 35 heavy (non-hydrogen) atoms. The molecule has 0 spiro atoms. The van der Waals surface area contributed by atoms with E-state index >= 15 is 0 Å². The van der Waals surface area contributed by atoms with Gasteiger partial charge in [0.25, 0.3) is 11.8 Å². The zero-order valence-corrected chi connectivity index (χ0v) is 18.9. The van der Waals surface area contributed by atoms with Crippen molar-refractivity contribution < 1.29 is 19.1 Å². The molecule has 0 N–H and O–H groups in total. The summed E-state index contributed by atoms with van der Waals surface area (Å²) in [6, 6.07) is 27.9. The highest BCUT2D eigenvalue weighted by Crippen LogP contribution is 2.40. The molecule has 2 amide bonds. The van der Waals surface area contributed by atoms with Gasteiger partial charge in [0.05, 0.1) is 35.0 Å². The van der Waals surface area contributed by atoms with Crippen molar-refractivity contribution in [2.45, 2.75) is 6.54 Å². The first-order valence-electron chi connectivity index (χ1n) is 11.2. The van der Waals surface area contributed by atoms with Crippen LogP contribution in [0, 0.1) is 0 Å². The molecule has 6 heteroatoms. The van der Waals surface area contributed by atoms with E-state index in [1.165, 1.54) is 18.1 Å². The molecule has 0 saturated carbocycles. The Kier molecular flexibility index (Phi) is 4.74. The molecule has 0 saturated heterocycles. The third-order valence-corrected chi connectivity index (χ3v) is 6.49. The van der Waals surface area contributed by atoms with Gasteiger partial charge >= 0.3 is 5.97 Å². The van der Waals surface area contributed by atoms with Gasteiger partial charge in [0, 0.05) is 22.8 Å². The number of benzene rings is 4. The number of para-hydroxylation sites is 2. The third-order valence-electron chi connectivity index (χ3n) is 6.49. The molecule has 1 aliphatic heterocycles. The molecular weight excluding hydrogens is 440 g/mol. The minimum Gasteiger partial charge on any atom is -0.465 e. The van der Waals surface area contributed by atoms with Gasteiger partial charge in [-0.25, -0.2) is 9.69 Å². The minimum atomic E-state index is -0.557. The topological polar surface area (TPSA) is 68.6 Å². The van der Waals surface area contributed by atoms with E-state index in [4.69, 9.17) is 4.74 Å². The summed E-state index contributed by atoms with van der Waals surface area (Å²) in [5.74, 6) is -1.42. The standard InChI is InChI=1S/C29H20N2O4/c1-35-29(34)22-16-21-25(28(33)31(27(21)32)19-12-6-3-7-13-19)26-24(22)20-14-8-9-15-23(20)30(26)17-18-10-4-2-5-11-18/h2-16H,17H2,1H3. The molecule has 0 bridgehead atoms. The second kappa shape index (κ2) is 7.95. The van der Waals surface area contributed by atoms with Crippen molar-refractivity contribution in [3.63, 3.8) is 0 Å². The first-order valence-corrected chi connectivity index (χ1v) is 11.2. The Morgan fingerprint density at radius 1 is 0.829 bits per heavy atom. The molecular formula is C29H20N2O4. The van der Waals surface area contributed by atoms with Crippen LogP contribution < -0.4 is 4.90 Å². The predicted octanol–water partition coefficient (Wildman–Crippen LogP) is 5.43. The third kappa shape index (κ3) is 3.07. The summed E-state index contributed by atoms with van der Waals surface area (Å²) in [4.78, 5) is 41.5. The van der Waals surface area contributed by atoms with Gasteiger partial charge in [-0.2, -0.15) is 0 Å². The summed E-state index contributed by atoms with van der Waals surface area (Å²) in [5.41, 5.74) is 3.70. The Labute approximate surface area is 201 Å². The molecule has 6 nitrogen and oxygen atoms in total. The van der Waals surface area contributed by atoms with Crippen LogP contribution in [-0.2, 0) is 11.3 Å². The van der Waals surface area contributed by atoms with Gasteiger partial charge < -0.3 is 9.30 Å². The van der Waals surface area contributed by atoms with Crippen LogP contribution in [0.4, 0.5) is 5.69 Å². The first kappa shape index (κ1) is 20.9. The van der Waals surface area contributed by atoms with Crippen LogP contribution in [0.1, 0.15) is 36.6 Å². The summed E-state index contributed by atoms with van der Waals surface area (Å²) in [7, 11) is 1.31. The Morgan fingerprint density at radius 3 is 2.20 bits per heavy atom. The normalized spacial score (nSPS) is 13.0. The summed E-state index contributed by atoms with van der Waals surface area (Å²) in [6.07, 6.45) is 0. The molecule has 0 fully saturated rings. The quantitative estimate of drug-likeness (QED) is 0.265. The predicted molar refractivity (Wildman–Crippen MR) is 134 cm³/mol. The average molecular weight is 460 g/mol. The average Bonchev–Trinajstić information content (AvgIpc) is 3.35. The summed E-state index contributed by atoms with van der Waals surface area (Å²) >= 11 is 0. The maximum absolute atomic E-state index is 13.8. The molecule has 4 aromatic carbocycles. The highest BCUT2D eigenvalue weighted by atomic mass is 16.5. The maximum Gasteiger partial charge on any atom is 0.338 e. The van der Waals surface area contributed by atoms with Gasteiger partial charge in [0.2, 0.25) is 0 Å². The molecule has 2 heterocycles. The number of hydrogen-bond donors (Lipinski definition) is 0.